The monoisotopic (exact) mass is 230 g/mol. The highest BCUT2D eigenvalue weighted by Crippen LogP contribution is 2.12. The summed E-state index contributed by atoms with van der Waals surface area (Å²) in [6, 6.07) is 0.589. The fourth-order valence-electron chi connectivity index (χ4n) is 1.73. The fraction of sp³-hybridized carbons (Fsp3) is 1.00. The van der Waals surface area contributed by atoms with Gasteiger partial charge in [0, 0.05) is 12.6 Å². The summed E-state index contributed by atoms with van der Waals surface area (Å²) in [6.45, 7) is 11.0. The second-order valence-electron chi connectivity index (χ2n) is 5.05. The van der Waals surface area contributed by atoms with Crippen LogP contribution >= 0.6 is 0 Å². The van der Waals surface area contributed by atoms with Gasteiger partial charge in [0.25, 0.3) is 0 Å². The number of unbranched alkanes of at least 4 members (excludes halogenated alkanes) is 1. The van der Waals surface area contributed by atoms with Gasteiger partial charge in [0.1, 0.15) is 0 Å². The molecule has 0 aromatic heterocycles. The average molecular weight is 230 g/mol. The van der Waals surface area contributed by atoms with Crippen molar-refractivity contribution in [3.05, 3.63) is 0 Å². The standard InChI is InChI=1S/C13H30N2O/c1-6-8-9-15(12(3)7-2)10-13(4,11-16)14-5/h12,14,16H,6-11H2,1-5H3. The van der Waals surface area contributed by atoms with Gasteiger partial charge < -0.3 is 10.4 Å². The molecule has 0 aliphatic carbocycles. The van der Waals surface area contributed by atoms with E-state index in [9.17, 15) is 5.11 Å². The molecule has 98 valence electrons. The van der Waals surface area contributed by atoms with Crippen molar-refractivity contribution in [3.63, 3.8) is 0 Å². The van der Waals surface area contributed by atoms with Gasteiger partial charge in [0.2, 0.25) is 0 Å². The van der Waals surface area contributed by atoms with Crippen LogP contribution in [0.4, 0.5) is 0 Å². The number of nitrogens with one attached hydrogen (secondary N) is 1. The molecule has 0 aromatic carbocycles. The molecule has 3 nitrogen and oxygen atoms in total. The van der Waals surface area contributed by atoms with Gasteiger partial charge in [0.05, 0.1) is 12.1 Å². The Balaban J connectivity index is 4.39. The van der Waals surface area contributed by atoms with Crippen LogP contribution in [0.1, 0.15) is 47.0 Å². The Morgan fingerprint density at radius 1 is 1.38 bits per heavy atom. The third-order valence-corrected chi connectivity index (χ3v) is 3.52. The number of hydrogen-bond acceptors (Lipinski definition) is 3. The highest BCUT2D eigenvalue weighted by atomic mass is 16.3. The fourth-order valence-corrected chi connectivity index (χ4v) is 1.73. The summed E-state index contributed by atoms with van der Waals surface area (Å²) in [6.07, 6.45) is 3.62. The van der Waals surface area contributed by atoms with Gasteiger partial charge in [-0.2, -0.15) is 0 Å². The Hall–Kier alpha value is -0.120. The van der Waals surface area contributed by atoms with E-state index in [0.717, 1.165) is 19.5 Å². The van der Waals surface area contributed by atoms with Gasteiger partial charge >= 0.3 is 0 Å². The Morgan fingerprint density at radius 3 is 2.38 bits per heavy atom. The predicted octanol–water partition coefficient (Wildman–Crippen LogP) is 1.86. The van der Waals surface area contributed by atoms with E-state index >= 15 is 0 Å². The molecule has 0 aliphatic rings. The predicted molar refractivity (Wildman–Crippen MR) is 70.8 cm³/mol. The lowest BCUT2D eigenvalue weighted by atomic mass is 10.0. The molecule has 0 heterocycles. The summed E-state index contributed by atoms with van der Waals surface area (Å²) in [5.74, 6) is 0. The summed E-state index contributed by atoms with van der Waals surface area (Å²) < 4.78 is 0. The van der Waals surface area contributed by atoms with Crippen LogP contribution in [0.3, 0.4) is 0 Å². The summed E-state index contributed by atoms with van der Waals surface area (Å²) in [5.41, 5.74) is -0.183. The van der Waals surface area contributed by atoms with Crippen LogP contribution in [0.5, 0.6) is 0 Å². The second-order valence-corrected chi connectivity index (χ2v) is 5.05. The highest BCUT2D eigenvalue weighted by Gasteiger charge is 2.25. The maximum Gasteiger partial charge on any atom is 0.0623 e. The molecule has 0 saturated heterocycles. The average Bonchev–Trinajstić information content (AvgIpc) is 2.33. The molecule has 0 aromatic rings. The number of aliphatic hydroxyl groups is 1. The lowest BCUT2D eigenvalue weighted by Crippen LogP contribution is -2.54. The van der Waals surface area contributed by atoms with Crippen LogP contribution in [0.15, 0.2) is 0 Å². The van der Waals surface area contributed by atoms with E-state index in [1.165, 1.54) is 12.8 Å². The zero-order chi connectivity index (χ0) is 12.6. The van der Waals surface area contributed by atoms with Gasteiger partial charge in [0.15, 0.2) is 0 Å². The van der Waals surface area contributed by atoms with Gasteiger partial charge in [-0.25, -0.2) is 0 Å². The van der Waals surface area contributed by atoms with Crippen molar-refractivity contribution in [2.24, 2.45) is 0 Å². The van der Waals surface area contributed by atoms with Gasteiger partial charge in [-0.3, -0.25) is 4.90 Å². The van der Waals surface area contributed by atoms with Crippen LogP contribution in [-0.4, -0.2) is 48.3 Å². The molecule has 0 spiro atoms. The van der Waals surface area contributed by atoms with Crippen LogP contribution in [-0.2, 0) is 0 Å². The van der Waals surface area contributed by atoms with Crippen molar-refractivity contribution in [1.29, 1.82) is 0 Å². The molecule has 0 bridgehead atoms. The number of hydrogen-bond donors (Lipinski definition) is 2. The molecule has 2 N–H and O–H groups in total. The minimum absolute atomic E-state index is 0.183. The van der Waals surface area contributed by atoms with Gasteiger partial charge in [-0.15, -0.1) is 0 Å². The Morgan fingerprint density at radius 2 is 2.00 bits per heavy atom. The molecule has 3 heteroatoms. The minimum atomic E-state index is -0.183. The van der Waals surface area contributed by atoms with E-state index in [1.54, 1.807) is 0 Å². The van der Waals surface area contributed by atoms with E-state index in [1.807, 2.05) is 7.05 Å². The van der Waals surface area contributed by atoms with Crippen molar-refractivity contribution in [3.8, 4) is 0 Å². The van der Waals surface area contributed by atoms with Crippen molar-refractivity contribution in [2.75, 3.05) is 26.7 Å². The number of aliphatic hydroxyl groups excluding tert-OH is 1. The maximum atomic E-state index is 9.42. The van der Waals surface area contributed by atoms with Gasteiger partial charge in [-0.1, -0.05) is 20.3 Å². The smallest absolute Gasteiger partial charge is 0.0623 e. The first kappa shape index (κ1) is 15.9. The molecule has 0 rings (SSSR count). The number of nitrogens with zero attached hydrogens (tertiary/aromatic N) is 1. The van der Waals surface area contributed by atoms with Crippen molar-refractivity contribution in [2.45, 2.75) is 58.5 Å². The van der Waals surface area contributed by atoms with Crippen LogP contribution in [0.25, 0.3) is 0 Å². The first-order chi connectivity index (χ1) is 7.52. The van der Waals surface area contributed by atoms with E-state index in [2.05, 4.69) is 37.9 Å². The maximum absolute atomic E-state index is 9.42. The molecule has 2 atom stereocenters. The summed E-state index contributed by atoms with van der Waals surface area (Å²) in [4.78, 5) is 2.48. The lowest BCUT2D eigenvalue weighted by molar-refractivity contribution is 0.101. The van der Waals surface area contributed by atoms with E-state index in [0.29, 0.717) is 6.04 Å². The normalized spacial score (nSPS) is 17.4. The Kier molecular flexibility index (Phi) is 7.98. The molecule has 0 saturated carbocycles. The molecule has 0 amide bonds. The summed E-state index contributed by atoms with van der Waals surface area (Å²) in [5, 5.41) is 12.6. The topological polar surface area (TPSA) is 35.5 Å². The highest BCUT2D eigenvalue weighted by molar-refractivity contribution is 4.86. The van der Waals surface area contributed by atoms with Crippen LogP contribution < -0.4 is 5.32 Å². The Bertz CT molecular complexity index is 169. The summed E-state index contributed by atoms with van der Waals surface area (Å²) in [7, 11) is 1.92. The first-order valence-electron chi connectivity index (χ1n) is 6.56. The molecule has 0 aliphatic heterocycles. The molecule has 0 radical (unpaired) electrons. The molecule has 2 unspecified atom stereocenters. The van der Waals surface area contributed by atoms with E-state index in [4.69, 9.17) is 0 Å². The third-order valence-electron chi connectivity index (χ3n) is 3.52. The van der Waals surface area contributed by atoms with Crippen molar-refractivity contribution in [1.82, 2.24) is 10.2 Å². The van der Waals surface area contributed by atoms with Crippen LogP contribution in [0, 0.1) is 0 Å². The molecule has 0 fully saturated rings. The molecular weight excluding hydrogens is 200 g/mol. The number of rotatable bonds is 9. The number of likely N-dealkylation sites (N-methyl/N-ethyl adjacent to an activating group) is 1. The lowest BCUT2D eigenvalue weighted by Gasteiger charge is -2.37. The van der Waals surface area contributed by atoms with Crippen molar-refractivity contribution >= 4 is 0 Å². The van der Waals surface area contributed by atoms with Gasteiger partial charge in [-0.05, 0) is 40.3 Å². The van der Waals surface area contributed by atoms with Crippen molar-refractivity contribution < 1.29 is 5.11 Å². The first-order valence-corrected chi connectivity index (χ1v) is 6.56. The summed E-state index contributed by atoms with van der Waals surface area (Å²) >= 11 is 0. The minimum Gasteiger partial charge on any atom is -0.394 e. The quantitative estimate of drug-likeness (QED) is 0.634. The zero-order valence-electron chi connectivity index (χ0n) is 11.7. The van der Waals surface area contributed by atoms with E-state index < -0.39 is 0 Å². The SMILES string of the molecule is CCCCN(CC(C)(CO)NC)C(C)CC. The second kappa shape index (κ2) is 8.04. The zero-order valence-corrected chi connectivity index (χ0v) is 11.7. The largest absolute Gasteiger partial charge is 0.394 e. The molecule has 16 heavy (non-hydrogen) atoms. The van der Waals surface area contributed by atoms with E-state index in [-0.39, 0.29) is 12.1 Å². The Labute approximate surface area is 101 Å². The van der Waals surface area contributed by atoms with Crippen LogP contribution in [0.2, 0.25) is 0 Å². The molecular formula is C13H30N2O. The third kappa shape index (κ3) is 5.28.